The second-order valence-corrected chi connectivity index (χ2v) is 6.87. The summed E-state index contributed by atoms with van der Waals surface area (Å²) in [5, 5.41) is 8.14. The summed E-state index contributed by atoms with van der Waals surface area (Å²) in [5.74, 6) is -1.12. The van der Waals surface area contributed by atoms with E-state index < -0.39 is 5.97 Å². The van der Waals surface area contributed by atoms with E-state index in [1.165, 1.54) is 19.9 Å². The molecule has 8 nitrogen and oxygen atoms in total. The Balaban J connectivity index is 1.63. The molecule has 3 N–H and O–H groups in total. The van der Waals surface area contributed by atoms with E-state index in [-0.39, 0.29) is 23.5 Å². The lowest BCUT2D eigenvalue weighted by atomic mass is 10.1. The third kappa shape index (κ3) is 6.27. The molecule has 3 aromatic carbocycles. The minimum atomic E-state index is -0.470. The van der Waals surface area contributed by atoms with Crippen LogP contribution in [-0.4, -0.2) is 23.7 Å². The zero-order chi connectivity index (χ0) is 23.1. The van der Waals surface area contributed by atoms with Crippen molar-refractivity contribution >= 4 is 40.8 Å². The summed E-state index contributed by atoms with van der Waals surface area (Å²) in [5.41, 5.74) is 2.32. The first-order chi connectivity index (χ1) is 15.3. The summed E-state index contributed by atoms with van der Waals surface area (Å²) >= 11 is 0. The third-order valence-electron chi connectivity index (χ3n) is 4.20. The molecule has 0 saturated carbocycles. The fraction of sp³-hybridized carbons (Fsp3) is 0.0833. The van der Waals surface area contributed by atoms with E-state index in [0.29, 0.717) is 28.2 Å². The Bertz CT molecular complexity index is 1080. The number of hydrogen-bond acceptors (Lipinski definition) is 5. The molecule has 32 heavy (non-hydrogen) atoms. The summed E-state index contributed by atoms with van der Waals surface area (Å²) < 4.78 is 4.99. The van der Waals surface area contributed by atoms with Gasteiger partial charge >= 0.3 is 5.97 Å². The molecule has 3 aromatic rings. The molecule has 162 valence electrons. The number of rotatable bonds is 6. The normalized spacial score (nSPS) is 10.1. The van der Waals surface area contributed by atoms with Gasteiger partial charge in [0.25, 0.3) is 11.8 Å². The summed E-state index contributed by atoms with van der Waals surface area (Å²) in [4.78, 5) is 47.2. The fourth-order valence-electron chi connectivity index (χ4n) is 2.85. The largest absolute Gasteiger partial charge is 0.427 e. The SMILES string of the molecule is CC(=O)Nc1cccc(C(=O)Nc2ccc(NC(=O)c3cccc(OC(C)=O)c3)cc2)c1. The van der Waals surface area contributed by atoms with Crippen LogP contribution in [0.25, 0.3) is 0 Å². The highest BCUT2D eigenvalue weighted by atomic mass is 16.5. The highest BCUT2D eigenvalue weighted by molar-refractivity contribution is 6.06. The second-order valence-electron chi connectivity index (χ2n) is 6.87. The van der Waals surface area contributed by atoms with Crippen LogP contribution >= 0.6 is 0 Å². The van der Waals surface area contributed by atoms with Gasteiger partial charge in [0.05, 0.1) is 0 Å². The summed E-state index contributed by atoms with van der Waals surface area (Å²) in [6.45, 7) is 2.68. The zero-order valence-electron chi connectivity index (χ0n) is 17.5. The predicted molar refractivity (Wildman–Crippen MR) is 121 cm³/mol. The lowest BCUT2D eigenvalue weighted by molar-refractivity contribution is -0.131. The third-order valence-corrected chi connectivity index (χ3v) is 4.20. The lowest BCUT2D eigenvalue weighted by Crippen LogP contribution is -2.14. The van der Waals surface area contributed by atoms with Crippen molar-refractivity contribution in [3.63, 3.8) is 0 Å². The Kier molecular flexibility index (Phi) is 6.97. The van der Waals surface area contributed by atoms with Crippen molar-refractivity contribution in [1.82, 2.24) is 0 Å². The molecular formula is C24H21N3O5. The van der Waals surface area contributed by atoms with Gasteiger partial charge in [0.1, 0.15) is 5.75 Å². The van der Waals surface area contributed by atoms with Crippen LogP contribution in [0.15, 0.2) is 72.8 Å². The average molecular weight is 431 g/mol. The van der Waals surface area contributed by atoms with Crippen LogP contribution in [-0.2, 0) is 9.59 Å². The van der Waals surface area contributed by atoms with Crippen LogP contribution in [0.4, 0.5) is 17.1 Å². The fourth-order valence-corrected chi connectivity index (χ4v) is 2.85. The lowest BCUT2D eigenvalue weighted by Gasteiger charge is -2.10. The highest BCUT2D eigenvalue weighted by Gasteiger charge is 2.10. The van der Waals surface area contributed by atoms with Gasteiger partial charge in [-0.25, -0.2) is 0 Å². The van der Waals surface area contributed by atoms with E-state index in [2.05, 4.69) is 16.0 Å². The van der Waals surface area contributed by atoms with Gasteiger partial charge in [-0.1, -0.05) is 12.1 Å². The van der Waals surface area contributed by atoms with E-state index in [0.717, 1.165) is 0 Å². The van der Waals surface area contributed by atoms with Crippen molar-refractivity contribution in [3.05, 3.63) is 83.9 Å². The molecule has 8 heteroatoms. The smallest absolute Gasteiger partial charge is 0.308 e. The highest BCUT2D eigenvalue weighted by Crippen LogP contribution is 2.19. The molecule has 0 atom stereocenters. The maximum absolute atomic E-state index is 12.5. The minimum absolute atomic E-state index is 0.224. The number of nitrogens with one attached hydrogen (secondary N) is 3. The number of hydrogen-bond donors (Lipinski definition) is 3. The molecule has 0 heterocycles. The van der Waals surface area contributed by atoms with Gasteiger partial charge in [-0.2, -0.15) is 0 Å². The van der Waals surface area contributed by atoms with E-state index in [1.807, 2.05) is 0 Å². The van der Waals surface area contributed by atoms with Gasteiger partial charge in [-0.05, 0) is 60.7 Å². The first-order valence-corrected chi connectivity index (χ1v) is 9.69. The summed E-state index contributed by atoms with van der Waals surface area (Å²) in [7, 11) is 0. The van der Waals surface area contributed by atoms with Crippen LogP contribution in [0.2, 0.25) is 0 Å². The standard InChI is InChI=1S/C24H21N3O5/c1-15(28)25-21-7-3-5-17(13-21)23(30)26-19-9-11-20(12-10-19)27-24(31)18-6-4-8-22(14-18)32-16(2)29/h3-14H,1-2H3,(H,25,28)(H,26,30)(H,27,31). The number of ether oxygens (including phenoxy) is 1. The average Bonchev–Trinajstić information content (AvgIpc) is 2.74. The Hall–Kier alpha value is -4.46. The van der Waals surface area contributed by atoms with Gasteiger partial charge in [0.15, 0.2) is 0 Å². The molecule has 0 aliphatic heterocycles. The van der Waals surface area contributed by atoms with E-state index in [4.69, 9.17) is 4.74 Å². The monoisotopic (exact) mass is 431 g/mol. The first-order valence-electron chi connectivity index (χ1n) is 9.69. The Morgan fingerprint density at radius 3 is 1.69 bits per heavy atom. The number of carbonyl (C=O) groups excluding carboxylic acids is 4. The van der Waals surface area contributed by atoms with Crippen LogP contribution in [0, 0.1) is 0 Å². The summed E-state index contributed by atoms with van der Waals surface area (Å²) in [6.07, 6.45) is 0. The van der Waals surface area contributed by atoms with Crippen LogP contribution in [0.5, 0.6) is 5.75 Å². The van der Waals surface area contributed by atoms with Gasteiger partial charge in [0.2, 0.25) is 5.91 Å². The van der Waals surface area contributed by atoms with Crippen molar-refractivity contribution in [2.24, 2.45) is 0 Å². The molecular weight excluding hydrogens is 410 g/mol. The molecule has 0 unspecified atom stereocenters. The van der Waals surface area contributed by atoms with E-state index >= 15 is 0 Å². The quantitative estimate of drug-likeness (QED) is 0.402. The molecule has 3 amide bonds. The molecule has 0 aliphatic carbocycles. The van der Waals surface area contributed by atoms with Crippen molar-refractivity contribution in [3.8, 4) is 5.75 Å². The maximum Gasteiger partial charge on any atom is 0.308 e. The van der Waals surface area contributed by atoms with Crippen molar-refractivity contribution < 1.29 is 23.9 Å². The molecule has 0 saturated heterocycles. The maximum atomic E-state index is 12.5. The molecule has 3 rings (SSSR count). The zero-order valence-corrected chi connectivity index (χ0v) is 17.5. The number of amides is 3. The topological polar surface area (TPSA) is 114 Å². The number of carbonyl (C=O) groups is 4. The molecule has 0 spiro atoms. The van der Waals surface area contributed by atoms with Crippen LogP contribution in [0.1, 0.15) is 34.6 Å². The minimum Gasteiger partial charge on any atom is -0.427 e. The first kappa shape index (κ1) is 22.2. The predicted octanol–water partition coefficient (Wildman–Crippen LogP) is 4.07. The molecule has 0 fully saturated rings. The van der Waals surface area contributed by atoms with Gasteiger partial charge in [-0.3, -0.25) is 19.2 Å². The van der Waals surface area contributed by atoms with E-state index in [9.17, 15) is 19.2 Å². The van der Waals surface area contributed by atoms with Crippen molar-refractivity contribution in [2.45, 2.75) is 13.8 Å². The van der Waals surface area contributed by atoms with E-state index in [1.54, 1.807) is 66.7 Å². The molecule has 0 radical (unpaired) electrons. The molecule has 0 aliphatic rings. The van der Waals surface area contributed by atoms with Crippen LogP contribution in [0.3, 0.4) is 0 Å². The van der Waals surface area contributed by atoms with Crippen LogP contribution < -0.4 is 20.7 Å². The Morgan fingerprint density at radius 1 is 0.625 bits per heavy atom. The number of anilines is 3. The number of esters is 1. The Labute approximate surface area is 184 Å². The van der Waals surface area contributed by atoms with Gasteiger partial charge in [0, 0.05) is 42.0 Å². The molecule has 0 bridgehead atoms. The molecule has 0 aromatic heterocycles. The van der Waals surface area contributed by atoms with Crippen molar-refractivity contribution in [1.29, 1.82) is 0 Å². The van der Waals surface area contributed by atoms with Gasteiger partial charge < -0.3 is 20.7 Å². The summed E-state index contributed by atoms with van der Waals surface area (Å²) in [6, 6.07) is 19.5. The van der Waals surface area contributed by atoms with Gasteiger partial charge in [-0.15, -0.1) is 0 Å². The number of benzene rings is 3. The van der Waals surface area contributed by atoms with Crippen molar-refractivity contribution in [2.75, 3.05) is 16.0 Å². The Morgan fingerprint density at radius 2 is 1.16 bits per heavy atom. The second kappa shape index (κ2) is 10.0.